The molecule has 0 spiro atoms. The summed E-state index contributed by atoms with van der Waals surface area (Å²) in [5.74, 6) is 0.916. The summed E-state index contributed by atoms with van der Waals surface area (Å²) in [4.78, 5) is 0. The van der Waals surface area contributed by atoms with Crippen molar-refractivity contribution >= 4 is 0 Å². The van der Waals surface area contributed by atoms with Crippen LogP contribution in [0, 0.1) is 5.92 Å². The van der Waals surface area contributed by atoms with Crippen molar-refractivity contribution in [3.63, 3.8) is 0 Å². The molecule has 0 amide bonds. The van der Waals surface area contributed by atoms with Crippen molar-refractivity contribution in [1.82, 2.24) is 5.32 Å². The molecule has 3 heteroatoms. The lowest BCUT2D eigenvalue weighted by atomic mass is 9.81. The fourth-order valence-corrected chi connectivity index (χ4v) is 2.05. The first kappa shape index (κ1) is 12.0. The van der Waals surface area contributed by atoms with Crippen LogP contribution in [0.5, 0.6) is 0 Å². The van der Waals surface area contributed by atoms with Crippen LogP contribution >= 0.6 is 0 Å². The monoisotopic (exact) mass is 201 g/mol. The van der Waals surface area contributed by atoms with Crippen molar-refractivity contribution < 1.29 is 9.84 Å². The van der Waals surface area contributed by atoms with E-state index < -0.39 is 0 Å². The Kier molecular flexibility index (Phi) is 5.45. The second-order valence-electron chi connectivity index (χ2n) is 4.44. The molecule has 0 saturated heterocycles. The second-order valence-corrected chi connectivity index (χ2v) is 4.44. The molecule has 2 atom stereocenters. The Morgan fingerprint density at radius 2 is 2.21 bits per heavy atom. The molecule has 14 heavy (non-hydrogen) atoms. The lowest BCUT2D eigenvalue weighted by molar-refractivity contribution is 0.118. The number of hydrogen-bond acceptors (Lipinski definition) is 3. The van der Waals surface area contributed by atoms with Crippen LogP contribution in [0.15, 0.2) is 0 Å². The Labute approximate surface area is 86.8 Å². The minimum atomic E-state index is 0.0927. The number of ether oxygens (including phenoxy) is 1. The minimum Gasteiger partial charge on any atom is -0.395 e. The highest BCUT2D eigenvalue weighted by molar-refractivity contribution is 4.77. The quantitative estimate of drug-likeness (QED) is 0.649. The van der Waals surface area contributed by atoms with Crippen molar-refractivity contribution in [3.05, 3.63) is 0 Å². The van der Waals surface area contributed by atoms with E-state index >= 15 is 0 Å². The molecule has 0 aliphatic heterocycles. The number of hydrogen-bond donors (Lipinski definition) is 2. The van der Waals surface area contributed by atoms with Gasteiger partial charge in [0.2, 0.25) is 0 Å². The van der Waals surface area contributed by atoms with Gasteiger partial charge in [0, 0.05) is 13.2 Å². The van der Waals surface area contributed by atoms with Gasteiger partial charge in [0.1, 0.15) is 0 Å². The zero-order chi connectivity index (χ0) is 10.4. The van der Waals surface area contributed by atoms with E-state index in [0.29, 0.717) is 12.6 Å². The molecule has 3 nitrogen and oxygen atoms in total. The molecule has 1 rings (SSSR count). The Morgan fingerprint density at radius 1 is 1.50 bits per heavy atom. The van der Waals surface area contributed by atoms with Gasteiger partial charge in [-0.2, -0.15) is 0 Å². The normalized spacial score (nSPS) is 21.6. The maximum Gasteiger partial charge on any atom is 0.0638 e. The molecule has 0 heterocycles. The molecule has 2 N–H and O–H groups in total. The predicted molar refractivity (Wildman–Crippen MR) is 57.3 cm³/mol. The van der Waals surface area contributed by atoms with Crippen LogP contribution in [0.2, 0.25) is 0 Å². The molecule has 1 aliphatic rings. The first-order valence-electron chi connectivity index (χ1n) is 5.62. The Hall–Kier alpha value is -0.120. The van der Waals surface area contributed by atoms with Gasteiger partial charge in [-0.3, -0.25) is 0 Å². The summed E-state index contributed by atoms with van der Waals surface area (Å²) in [5.41, 5.74) is 0. The van der Waals surface area contributed by atoms with Gasteiger partial charge in [-0.25, -0.2) is 0 Å². The summed E-state index contributed by atoms with van der Waals surface area (Å²) >= 11 is 0. The summed E-state index contributed by atoms with van der Waals surface area (Å²) in [7, 11) is 1.67. The third-order valence-electron chi connectivity index (χ3n) is 3.02. The first-order chi connectivity index (χ1) is 6.76. The van der Waals surface area contributed by atoms with Gasteiger partial charge in [0.05, 0.1) is 19.3 Å². The van der Waals surface area contributed by atoms with Crippen molar-refractivity contribution in [2.24, 2.45) is 5.92 Å². The van der Waals surface area contributed by atoms with Gasteiger partial charge >= 0.3 is 0 Å². The van der Waals surface area contributed by atoms with Gasteiger partial charge in [-0.1, -0.05) is 19.3 Å². The maximum absolute atomic E-state index is 9.07. The summed E-state index contributed by atoms with van der Waals surface area (Å²) in [6, 6.07) is 0.586. The molecular weight excluding hydrogens is 178 g/mol. The van der Waals surface area contributed by atoms with Crippen molar-refractivity contribution in [2.45, 2.75) is 44.7 Å². The fraction of sp³-hybridized carbons (Fsp3) is 1.00. The van der Waals surface area contributed by atoms with E-state index in [1.165, 1.54) is 25.7 Å². The summed E-state index contributed by atoms with van der Waals surface area (Å²) < 4.78 is 5.02. The summed E-state index contributed by atoms with van der Waals surface area (Å²) in [6.07, 6.45) is 5.42. The largest absolute Gasteiger partial charge is 0.395 e. The molecule has 1 fully saturated rings. The van der Waals surface area contributed by atoms with Crippen LogP contribution < -0.4 is 5.32 Å². The topological polar surface area (TPSA) is 41.5 Å². The summed E-state index contributed by atoms with van der Waals surface area (Å²) in [6.45, 7) is 2.94. The van der Waals surface area contributed by atoms with Crippen LogP contribution in [0.1, 0.15) is 32.6 Å². The molecule has 0 aromatic carbocycles. The first-order valence-corrected chi connectivity index (χ1v) is 5.62. The van der Waals surface area contributed by atoms with Crippen LogP contribution in [-0.2, 0) is 4.74 Å². The van der Waals surface area contributed by atoms with Crippen LogP contribution in [0.3, 0.4) is 0 Å². The van der Waals surface area contributed by atoms with E-state index in [9.17, 15) is 0 Å². The van der Waals surface area contributed by atoms with Gasteiger partial charge < -0.3 is 15.2 Å². The van der Waals surface area contributed by atoms with Gasteiger partial charge in [-0.05, 0) is 19.3 Å². The molecular formula is C11H23NO2. The van der Waals surface area contributed by atoms with E-state index in [-0.39, 0.29) is 12.6 Å². The Balaban J connectivity index is 2.12. The third-order valence-corrected chi connectivity index (χ3v) is 3.02. The molecule has 0 bridgehead atoms. The molecule has 84 valence electrons. The van der Waals surface area contributed by atoms with Crippen LogP contribution in [-0.4, -0.2) is 37.5 Å². The number of rotatable bonds is 7. The standard InChI is InChI=1S/C11H23NO2/c1-9(6-10-4-3-5-10)12-11(7-13)8-14-2/h9-13H,3-8H2,1-2H3. The van der Waals surface area contributed by atoms with Crippen LogP contribution in [0.4, 0.5) is 0 Å². The number of nitrogens with one attached hydrogen (secondary N) is 1. The Bertz CT molecular complexity index is 148. The Morgan fingerprint density at radius 3 is 2.64 bits per heavy atom. The zero-order valence-corrected chi connectivity index (χ0v) is 9.33. The molecule has 0 radical (unpaired) electrons. The lowest BCUT2D eigenvalue weighted by Crippen LogP contribution is -2.43. The van der Waals surface area contributed by atoms with Crippen molar-refractivity contribution in [3.8, 4) is 0 Å². The third kappa shape index (κ3) is 3.95. The SMILES string of the molecule is COCC(CO)NC(C)CC1CCC1. The van der Waals surface area contributed by atoms with Crippen LogP contribution in [0.25, 0.3) is 0 Å². The van der Waals surface area contributed by atoms with Gasteiger partial charge in [0.25, 0.3) is 0 Å². The predicted octanol–water partition coefficient (Wildman–Crippen LogP) is 1.16. The van der Waals surface area contributed by atoms with Crippen molar-refractivity contribution in [2.75, 3.05) is 20.3 Å². The molecule has 0 aromatic rings. The molecule has 2 unspecified atom stereocenters. The summed E-state index contributed by atoms with van der Waals surface area (Å²) in [5, 5.41) is 12.5. The van der Waals surface area contributed by atoms with E-state index in [1.807, 2.05) is 0 Å². The second kappa shape index (κ2) is 6.38. The highest BCUT2D eigenvalue weighted by Gasteiger charge is 2.21. The molecule has 0 aromatic heterocycles. The van der Waals surface area contributed by atoms with Gasteiger partial charge in [-0.15, -0.1) is 0 Å². The molecule has 1 saturated carbocycles. The van der Waals surface area contributed by atoms with E-state index in [4.69, 9.17) is 9.84 Å². The highest BCUT2D eigenvalue weighted by atomic mass is 16.5. The molecule has 1 aliphatic carbocycles. The average Bonchev–Trinajstić information content (AvgIpc) is 2.11. The van der Waals surface area contributed by atoms with E-state index in [1.54, 1.807) is 7.11 Å². The van der Waals surface area contributed by atoms with Crippen molar-refractivity contribution in [1.29, 1.82) is 0 Å². The average molecular weight is 201 g/mol. The minimum absolute atomic E-state index is 0.0927. The number of aliphatic hydroxyl groups is 1. The fourth-order valence-electron chi connectivity index (χ4n) is 2.05. The van der Waals surface area contributed by atoms with E-state index in [0.717, 1.165) is 5.92 Å². The van der Waals surface area contributed by atoms with E-state index in [2.05, 4.69) is 12.2 Å². The zero-order valence-electron chi connectivity index (χ0n) is 9.33. The lowest BCUT2D eigenvalue weighted by Gasteiger charge is -2.30. The number of methoxy groups -OCH3 is 1. The number of aliphatic hydroxyl groups excluding tert-OH is 1. The highest BCUT2D eigenvalue weighted by Crippen LogP contribution is 2.30. The smallest absolute Gasteiger partial charge is 0.0638 e. The maximum atomic E-state index is 9.07. The van der Waals surface area contributed by atoms with Gasteiger partial charge in [0.15, 0.2) is 0 Å².